The quantitative estimate of drug-likeness (QED) is 0.785. The monoisotopic (exact) mass is 295 g/mol. The maximum atomic E-state index is 4.94. The molecule has 0 radical (unpaired) electrons. The maximum absolute atomic E-state index is 4.94. The van der Waals surface area contributed by atoms with Gasteiger partial charge < -0.3 is 10.2 Å². The zero-order chi connectivity index (χ0) is 14.7. The average Bonchev–Trinajstić information content (AvgIpc) is 3.11. The van der Waals surface area contributed by atoms with Crippen molar-refractivity contribution in [3.63, 3.8) is 0 Å². The lowest BCUT2D eigenvalue weighted by atomic mass is 10.1. The molecule has 0 bridgehead atoms. The van der Waals surface area contributed by atoms with Gasteiger partial charge in [0.15, 0.2) is 5.13 Å². The summed E-state index contributed by atoms with van der Waals surface area (Å²) in [6, 6.07) is 0.763. The Balaban J connectivity index is 2.13. The molecule has 114 valence electrons. The van der Waals surface area contributed by atoms with E-state index in [9.17, 15) is 0 Å². The van der Waals surface area contributed by atoms with E-state index in [0.29, 0.717) is 11.8 Å². The molecule has 0 aliphatic heterocycles. The fourth-order valence-electron chi connectivity index (χ4n) is 2.37. The lowest BCUT2D eigenvalue weighted by Crippen LogP contribution is -2.27. The molecular weight excluding hydrogens is 266 g/mol. The van der Waals surface area contributed by atoms with Crippen LogP contribution in [0.15, 0.2) is 0 Å². The number of hydrogen-bond donors (Lipinski definition) is 1. The van der Waals surface area contributed by atoms with Crippen LogP contribution < -0.4 is 10.2 Å². The SMILES string of the molecule is CCN(CC(C)C)c1nc(C(C)C)c(CNC2CC2)s1. The van der Waals surface area contributed by atoms with E-state index >= 15 is 0 Å². The Hall–Kier alpha value is -0.610. The van der Waals surface area contributed by atoms with E-state index in [2.05, 4.69) is 44.8 Å². The Morgan fingerprint density at radius 3 is 2.50 bits per heavy atom. The first-order valence-corrected chi connectivity index (χ1v) is 8.80. The van der Waals surface area contributed by atoms with Crippen LogP contribution in [0.4, 0.5) is 5.13 Å². The van der Waals surface area contributed by atoms with Gasteiger partial charge in [0.2, 0.25) is 0 Å². The van der Waals surface area contributed by atoms with Crippen LogP contribution in [0.5, 0.6) is 0 Å². The molecule has 0 aromatic carbocycles. The van der Waals surface area contributed by atoms with Crippen molar-refractivity contribution in [3.8, 4) is 0 Å². The molecule has 1 aromatic rings. The number of nitrogens with zero attached hydrogens (tertiary/aromatic N) is 2. The van der Waals surface area contributed by atoms with E-state index in [0.717, 1.165) is 25.7 Å². The number of nitrogens with one attached hydrogen (secondary N) is 1. The predicted molar refractivity (Wildman–Crippen MR) is 88.8 cm³/mol. The summed E-state index contributed by atoms with van der Waals surface area (Å²) in [5.41, 5.74) is 1.29. The number of rotatable bonds is 8. The van der Waals surface area contributed by atoms with Gasteiger partial charge in [-0.3, -0.25) is 0 Å². The normalized spacial score (nSPS) is 15.3. The number of hydrogen-bond acceptors (Lipinski definition) is 4. The second kappa shape index (κ2) is 6.90. The van der Waals surface area contributed by atoms with Gasteiger partial charge in [0, 0.05) is 30.6 Å². The minimum absolute atomic E-state index is 0.508. The zero-order valence-corrected chi connectivity index (χ0v) is 14.4. The third-order valence-electron chi connectivity index (χ3n) is 3.63. The van der Waals surface area contributed by atoms with Crippen LogP contribution in [0.25, 0.3) is 0 Å². The van der Waals surface area contributed by atoms with Gasteiger partial charge in [-0.15, -0.1) is 11.3 Å². The average molecular weight is 295 g/mol. The topological polar surface area (TPSA) is 28.2 Å². The van der Waals surface area contributed by atoms with Gasteiger partial charge in [-0.2, -0.15) is 0 Å². The van der Waals surface area contributed by atoms with E-state index < -0.39 is 0 Å². The van der Waals surface area contributed by atoms with Crippen LogP contribution in [0.3, 0.4) is 0 Å². The van der Waals surface area contributed by atoms with Crippen LogP contribution in [0.1, 0.15) is 63.9 Å². The van der Waals surface area contributed by atoms with Gasteiger partial charge in [0.25, 0.3) is 0 Å². The highest BCUT2D eigenvalue weighted by Crippen LogP contribution is 2.32. The van der Waals surface area contributed by atoms with E-state index in [4.69, 9.17) is 4.98 Å². The van der Waals surface area contributed by atoms with Crippen molar-refractivity contribution in [2.45, 2.75) is 66.0 Å². The van der Waals surface area contributed by atoms with Gasteiger partial charge in [-0.05, 0) is 31.6 Å². The van der Waals surface area contributed by atoms with Crippen LogP contribution in [-0.2, 0) is 6.54 Å². The van der Waals surface area contributed by atoms with Crippen molar-refractivity contribution in [2.75, 3.05) is 18.0 Å². The van der Waals surface area contributed by atoms with Gasteiger partial charge in [0.05, 0.1) is 5.69 Å². The lowest BCUT2D eigenvalue weighted by Gasteiger charge is -2.21. The van der Waals surface area contributed by atoms with Gasteiger partial charge in [-0.25, -0.2) is 4.98 Å². The molecule has 0 spiro atoms. The Morgan fingerprint density at radius 2 is 2.00 bits per heavy atom. The van der Waals surface area contributed by atoms with E-state index in [1.807, 2.05) is 11.3 Å². The lowest BCUT2D eigenvalue weighted by molar-refractivity contribution is 0.616. The molecule has 20 heavy (non-hydrogen) atoms. The van der Waals surface area contributed by atoms with Gasteiger partial charge in [-0.1, -0.05) is 27.7 Å². The van der Waals surface area contributed by atoms with E-state index in [1.165, 1.54) is 28.5 Å². The number of thiazole rings is 1. The van der Waals surface area contributed by atoms with Crippen molar-refractivity contribution in [2.24, 2.45) is 5.92 Å². The molecule has 1 saturated carbocycles. The minimum atomic E-state index is 0.508. The summed E-state index contributed by atoms with van der Waals surface area (Å²) in [5, 5.41) is 4.84. The summed E-state index contributed by atoms with van der Waals surface area (Å²) in [6.07, 6.45) is 2.69. The van der Waals surface area contributed by atoms with Crippen LogP contribution in [-0.4, -0.2) is 24.1 Å². The van der Waals surface area contributed by atoms with Crippen molar-refractivity contribution in [1.29, 1.82) is 0 Å². The summed E-state index contributed by atoms with van der Waals surface area (Å²) < 4.78 is 0. The first kappa shape index (κ1) is 15.8. The molecule has 0 unspecified atom stereocenters. The molecule has 1 aromatic heterocycles. The Bertz CT molecular complexity index is 421. The molecule has 1 heterocycles. The summed E-state index contributed by atoms with van der Waals surface area (Å²) >= 11 is 1.88. The van der Waals surface area contributed by atoms with Crippen molar-refractivity contribution >= 4 is 16.5 Å². The molecule has 0 saturated heterocycles. The van der Waals surface area contributed by atoms with Crippen LogP contribution in [0.2, 0.25) is 0 Å². The standard InChI is InChI=1S/C16H29N3S/c1-6-19(10-11(2)3)16-18-15(12(4)5)14(20-16)9-17-13-7-8-13/h11-13,17H,6-10H2,1-5H3. The zero-order valence-electron chi connectivity index (χ0n) is 13.6. The minimum Gasteiger partial charge on any atom is -0.348 e. The highest BCUT2D eigenvalue weighted by molar-refractivity contribution is 7.15. The molecular formula is C16H29N3S. The molecule has 0 amide bonds. The van der Waals surface area contributed by atoms with Gasteiger partial charge in [0.1, 0.15) is 0 Å². The number of aromatic nitrogens is 1. The molecule has 4 heteroatoms. The molecule has 1 aliphatic carbocycles. The fourth-order valence-corrected chi connectivity index (χ4v) is 3.61. The fraction of sp³-hybridized carbons (Fsp3) is 0.812. The molecule has 1 aliphatic rings. The molecule has 1 fully saturated rings. The molecule has 2 rings (SSSR count). The van der Waals surface area contributed by atoms with Crippen molar-refractivity contribution < 1.29 is 0 Å². The summed E-state index contributed by atoms with van der Waals surface area (Å²) in [6.45, 7) is 14.4. The highest BCUT2D eigenvalue weighted by Gasteiger charge is 2.23. The third-order valence-corrected chi connectivity index (χ3v) is 4.76. The molecule has 0 atom stereocenters. The Labute approximate surface area is 127 Å². The second-order valence-corrected chi connectivity index (χ2v) is 7.61. The Kier molecular flexibility index (Phi) is 5.44. The summed E-state index contributed by atoms with van der Waals surface area (Å²) in [7, 11) is 0. The maximum Gasteiger partial charge on any atom is 0.185 e. The predicted octanol–water partition coefficient (Wildman–Crippen LogP) is 4.00. The molecule has 3 nitrogen and oxygen atoms in total. The third kappa shape index (κ3) is 4.19. The largest absolute Gasteiger partial charge is 0.348 e. The smallest absolute Gasteiger partial charge is 0.185 e. The summed E-state index contributed by atoms with van der Waals surface area (Å²) in [4.78, 5) is 8.79. The first-order valence-electron chi connectivity index (χ1n) is 7.99. The second-order valence-electron chi connectivity index (χ2n) is 6.55. The van der Waals surface area contributed by atoms with E-state index in [-0.39, 0.29) is 0 Å². The van der Waals surface area contributed by atoms with E-state index in [1.54, 1.807) is 0 Å². The number of anilines is 1. The van der Waals surface area contributed by atoms with Crippen LogP contribution in [0, 0.1) is 5.92 Å². The van der Waals surface area contributed by atoms with Crippen molar-refractivity contribution in [1.82, 2.24) is 10.3 Å². The highest BCUT2D eigenvalue weighted by atomic mass is 32.1. The van der Waals surface area contributed by atoms with Crippen LogP contribution >= 0.6 is 11.3 Å². The summed E-state index contributed by atoms with van der Waals surface area (Å²) in [5.74, 6) is 1.18. The first-order chi connectivity index (χ1) is 9.51. The molecule has 1 N–H and O–H groups in total. The van der Waals surface area contributed by atoms with Crippen molar-refractivity contribution in [3.05, 3.63) is 10.6 Å². The van der Waals surface area contributed by atoms with Gasteiger partial charge >= 0.3 is 0 Å². The Morgan fingerprint density at radius 1 is 1.30 bits per heavy atom.